The van der Waals surface area contributed by atoms with Crippen LogP contribution in [0.4, 0.5) is 5.69 Å². The molecule has 6 nitrogen and oxygen atoms in total. The summed E-state index contributed by atoms with van der Waals surface area (Å²) >= 11 is 0. The highest BCUT2D eigenvalue weighted by Gasteiger charge is 2.26. The van der Waals surface area contributed by atoms with Gasteiger partial charge in [-0.05, 0) is 36.6 Å². The number of nitrogens with one attached hydrogen (secondary N) is 2. The Bertz CT molecular complexity index is 560. The Morgan fingerprint density at radius 3 is 2.96 bits per heavy atom. The van der Waals surface area contributed by atoms with Crippen molar-refractivity contribution in [3.63, 3.8) is 0 Å². The van der Waals surface area contributed by atoms with E-state index in [1.165, 1.54) is 0 Å². The lowest BCUT2D eigenvalue weighted by molar-refractivity contribution is -0.126. The summed E-state index contributed by atoms with van der Waals surface area (Å²) in [5.74, 6) is 0.520. The largest absolute Gasteiger partial charge is 0.492 e. The molecule has 6 heteroatoms. The van der Waals surface area contributed by atoms with E-state index in [9.17, 15) is 9.59 Å². The zero-order chi connectivity index (χ0) is 16.7. The number of hydrogen-bond acceptors (Lipinski definition) is 4. The first-order chi connectivity index (χ1) is 11.1. The van der Waals surface area contributed by atoms with Crippen LogP contribution in [0.1, 0.15) is 25.3 Å². The Morgan fingerprint density at radius 2 is 2.22 bits per heavy atom. The van der Waals surface area contributed by atoms with Crippen molar-refractivity contribution in [3.05, 3.63) is 23.8 Å². The van der Waals surface area contributed by atoms with E-state index in [-0.39, 0.29) is 17.7 Å². The summed E-state index contributed by atoms with van der Waals surface area (Å²) in [6.45, 7) is 3.32. The van der Waals surface area contributed by atoms with E-state index >= 15 is 0 Å². The molecule has 0 aliphatic carbocycles. The summed E-state index contributed by atoms with van der Waals surface area (Å²) in [5.41, 5.74) is 1.68. The minimum atomic E-state index is -0.221. The fourth-order valence-corrected chi connectivity index (χ4v) is 2.51. The van der Waals surface area contributed by atoms with Crippen LogP contribution in [0.2, 0.25) is 0 Å². The number of carbonyl (C=O) groups is 2. The lowest BCUT2D eigenvalue weighted by Crippen LogP contribution is -2.38. The van der Waals surface area contributed by atoms with Crippen LogP contribution >= 0.6 is 0 Å². The number of rotatable bonds is 7. The Kier molecular flexibility index (Phi) is 6.40. The van der Waals surface area contributed by atoms with Crippen LogP contribution in [0, 0.1) is 5.92 Å². The zero-order valence-corrected chi connectivity index (χ0v) is 13.7. The molecule has 23 heavy (non-hydrogen) atoms. The maximum absolute atomic E-state index is 12.1. The average Bonchev–Trinajstić information content (AvgIpc) is 2.54. The lowest BCUT2D eigenvalue weighted by atomic mass is 9.95. The van der Waals surface area contributed by atoms with Gasteiger partial charge in [-0.2, -0.15) is 0 Å². The number of methoxy groups -OCH3 is 1. The summed E-state index contributed by atoms with van der Waals surface area (Å²) in [6, 6.07) is 5.55. The fourth-order valence-electron chi connectivity index (χ4n) is 2.51. The zero-order valence-electron chi connectivity index (χ0n) is 13.7. The Labute approximate surface area is 136 Å². The van der Waals surface area contributed by atoms with Crippen molar-refractivity contribution in [2.75, 3.05) is 32.2 Å². The standard InChI is InChI=1S/C17H24N2O4/c1-3-4-16(20)19-14-5-6-15-12(10-14)9-13(11-23-15)17(21)18-7-8-22-2/h5-6,10,13H,3-4,7-9,11H2,1-2H3,(H,18,21)(H,19,20)/t13-/m0/s1. The van der Waals surface area contributed by atoms with Crippen LogP contribution in [0.3, 0.4) is 0 Å². The second kappa shape index (κ2) is 8.53. The molecule has 0 bridgehead atoms. The van der Waals surface area contributed by atoms with E-state index in [4.69, 9.17) is 9.47 Å². The third kappa shape index (κ3) is 4.96. The molecular formula is C17H24N2O4. The van der Waals surface area contributed by atoms with Gasteiger partial charge in [0.05, 0.1) is 12.5 Å². The first kappa shape index (κ1) is 17.3. The highest BCUT2D eigenvalue weighted by atomic mass is 16.5. The number of ether oxygens (including phenoxy) is 2. The van der Waals surface area contributed by atoms with Crippen molar-refractivity contribution in [1.82, 2.24) is 5.32 Å². The van der Waals surface area contributed by atoms with Gasteiger partial charge in [0.1, 0.15) is 12.4 Å². The van der Waals surface area contributed by atoms with Gasteiger partial charge in [-0.3, -0.25) is 9.59 Å². The molecule has 0 saturated heterocycles. The predicted octanol–water partition coefficient (Wildman–Crippen LogP) is 1.74. The maximum Gasteiger partial charge on any atom is 0.226 e. The van der Waals surface area contributed by atoms with Crippen LogP contribution in [-0.4, -0.2) is 38.7 Å². The van der Waals surface area contributed by atoms with Gasteiger partial charge >= 0.3 is 0 Å². The molecule has 0 unspecified atom stereocenters. The molecule has 2 amide bonds. The summed E-state index contributed by atoms with van der Waals surface area (Å²) < 4.78 is 10.6. The number of benzene rings is 1. The molecule has 1 heterocycles. The van der Waals surface area contributed by atoms with Gasteiger partial charge in [-0.1, -0.05) is 6.92 Å². The molecular weight excluding hydrogens is 296 g/mol. The number of amides is 2. The highest BCUT2D eigenvalue weighted by Crippen LogP contribution is 2.30. The van der Waals surface area contributed by atoms with Crippen LogP contribution in [0.25, 0.3) is 0 Å². The normalized spacial score (nSPS) is 16.2. The van der Waals surface area contributed by atoms with Crippen molar-refractivity contribution in [1.29, 1.82) is 0 Å². The minimum absolute atomic E-state index is 0.00182. The molecule has 126 valence electrons. The van der Waals surface area contributed by atoms with Gasteiger partial charge in [0.15, 0.2) is 0 Å². The SMILES string of the molecule is CCCC(=O)Nc1ccc2c(c1)C[C@H](C(=O)NCCOC)CO2. The van der Waals surface area contributed by atoms with Gasteiger partial charge in [0.2, 0.25) is 11.8 Å². The van der Waals surface area contributed by atoms with E-state index in [0.717, 1.165) is 23.4 Å². The smallest absolute Gasteiger partial charge is 0.226 e. The van der Waals surface area contributed by atoms with E-state index < -0.39 is 0 Å². The summed E-state index contributed by atoms with van der Waals surface area (Å²) in [7, 11) is 1.60. The molecule has 1 aliphatic rings. The third-order valence-electron chi connectivity index (χ3n) is 3.70. The van der Waals surface area contributed by atoms with Crippen LogP contribution < -0.4 is 15.4 Å². The monoisotopic (exact) mass is 320 g/mol. The first-order valence-corrected chi connectivity index (χ1v) is 7.96. The summed E-state index contributed by atoms with van der Waals surface area (Å²) in [4.78, 5) is 23.8. The highest BCUT2D eigenvalue weighted by molar-refractivity contribution is 5.91. The molecule has 0 spiro atoms. The van der Waals surface area contributed by atoms with E-state index in [1.807, 2.05) is 25.1 Å². The van der Waals surface area contributed by atoms with Gasteiger partial charge in [-0.25, -0.2) is 0 Å². The third-order valence-corrected chi connectivity index (χ3v) is 3.70. The Balaban J connectivity index is 1.98. The van der Waals surface area contributed by atoms with E-state index in [1.54, 1.807) is 7.11 Å². The van der Waals surface area contributed by atoms with Crippen molar-refractivity contribution in [2.45, 2.75) is 26.2 Å². The lowest BCUT2D eigenvalue weighted by Gasteiger charge is -2.25. The van der Waals surface area contributed by atoms with Crippen LogP contribution in [-0.2, 0) is 20.7 Å². The minimum Gasteiger partial charge on any atom is -0.492 e. The van der Waals surface area contributed by atoms with Crippen molar-refractivity contribution >= 4 is 17.5 Å². The summed E-state index contributed by atoms with van der Waals surface area (Å²) in [6.07, 6.45) is 1.91. The van der Waals surface area contributed by atoms with Gasteiger partial charge in [0.25, 0.3) is 0 Å². The van der Waals surface area contributed by atoms with Crippen LogP contribution in [0.5, 0.6) is 5.75 Å². The first-order valence-electron chi connectivity index (χ1n) is 7.96. The average molecular weight is 320 g/mol. The predicted molar refractivity (Wildman–Crippen MR) is 87.6 cm³/mol. The maximum atomic E-state index is 12.1. The molecule has 1 aromatic carbocycles. The van der Waals surface area contributed by atoms with Crippen molar-refractivity contribution in [3.8, 4) is 5.75 Å². The fraction of sp³-hybridized carbons (Fsp3) is 0.529. The van der Waals surface area contributed by atoms with Gasteiger partial charge in [0, 0.05) is 25.8 Å². The Hall–Kier alpha value is -2.08. The molecule has 0 radical (unpaired) electrons. The van der Waals surface area contributed by atoms with E-state index in [0.29, 0.717) is 32.6 Å². The van der Waals surface area contributed by atoms with Gasteiger partial charge in [-0.15, -0.1) is 0 Å². The molecule has 0 fully saturated rings. The van der Waals surface area contributed by atoms with E-state index in [2.05, 4.69) is 10.6 Å². The molecule has 2 N–H and O–H groups in total. The topological polar surface area (TPSA) is 76.7 Å². The quantitative estimate of drug-likeness (QED) is 0.750. The van der Waals surface area contributed by atoms with Crippen molar-refractivity contribution < 1.29 is 19.1 Å². The second-order valence-corrected chi connectivity index (χ2v) is 5.62. The number of hydrogen-bond donors (Lipinski definition) is 2. The molecule has 1 atom stereocenters. The van der Waals surface area contributed by atoms with Crippen molar-refractivity contribution in [2.24, 2.45) is 5.92 Å². The number of carbonyl (C=O) groups excluding carboxylic acids is 2. The number of anilines is 1. The van der Waals surface area contributed by atoms with Crippen LogP contribution in [0.15, 0.2) is 18.2 Å². The molecule has 0 saturated carbocycles. The van der Waals surface area contributed by atoms with Gasteiger partial charge < -0.3 is 20.1 Å². The Morgan fingerprint density at radius 1 is 1.39 bits per heavy atom. The molecule has 0 aromatic heterocycles. The summed E-state index contributed by atoms with van der Waals surface area (Å²) in [5, 5.41) is 5.70. The molecule has 2 rings (SSSR count). The second-order valence-electron chi connectivity index (χ2n) is 5.62. The molecule has 1 aromatic rings. The molecule has 1 aliphatic heterocycles. The number of fused-ring (bicyclic) bond motifs is 1.